The molecule has 0 aromatic carbocycles. The molecule has 103 valence electrons. The van der Waals surface area contributed by atoms with Crippen molar-refractivity contribution in [2.75, 3.05) is 0 Å². The van der Waals surface area contributed by atoms with Gasteiger partial charge in [-0.25, -0.2) is 4.98 Å². The summed E-state index contributed by atoms with van der Waals surface area (Å²) in [5.74, 6) is -1.00. The van der Waals surface area contributed by atoms with E-state index in [4.69, 9.17) is 10.8 Å². The van der Waals surface area contributed by atoms with Crippen LogP contribution in [0.3, 0.4) is 0 Å². The van der Waals surface area contributed by atoms with Crippen molar-refractivity contribution in [3.8, 4) is 0 Å². The zero-order chi connectivity index (χ0) is 8.27. The van der Waals surface area contributed by atoms with E-state index >= 15 is 0 Å². The molecule has 0 saturated carbocycles. The molecule has 0 aliphatic rings. The Morgan fingerprint density at radius 2 is 1.82 bits per heavy atom. The van der Waals surface area contributed by atoms with Crippen molar-refractivity contribution in [2.45, 2.75) is 12.5 Å². The largest absolute Gasteiger partial charge is 5.00 e. The topological polar surface area (TPSA) is 260 Å². The summed E-state index contributed by atoms with van der Waals surface area (Å²) in [7, 11) is 0. The molecule has 0 fully saturated rings. The Balaban J connectivity index is -0.0000000504. The molecular formula is C6H19N8O2Ru. The molecule has 1 radical (unpaired) electrons. The zero-order valence-electron chi connectivity index (χ0n) is 9.06. The van der Waals surface area contributed by atoms with Gasteiger partial charge in [0.05, 0.1) is 6.33 Å². The van der Waals surface area contributed by atoms with Crippen LogP contribution in [-0.4, -0.2) is 27.1 Å². The van der Waals surface area contributed by atoms with Gasteiger partial charge in [-0.1, -0.05) is 0 Å². The zero-order valence-corrected chi connectivity index (χ0v) is 10.8. The standard InChI is InChI=1S/C6H9N3O2.5H2N.Ru/c7-5(6(10)11)1-4-2-8-3-9-4;;;;;;/h2-3,5H,1,7H2,(H,8,9)(H,10,11);5*1H2;/q;5*-1;+5. The fourth-order valence-corrected chi connectivity index (χ4v) is 0.721. The van der Waals surface area contributed by atoms with Gasteiger partial charge in [-0.3, -0.25) is 4.79 Å². The van der Waals surface area contributed by atoms with Gasteiger partial charge in [-0.05, 0) is 0 Å². The van der Waals surface area contributed by atoms with E-state index < -0.39 is 12.0 Å². The normalized spacial score (nSPS) is 8.29. The number of H-pyrrole nitrogens is 1. The van der Waals surface area contributed by atoms with Crippen molar-refractivity contribution in [1.82, 2.24) is 9.97 Å². The van der Waals surface area contributed by atoms with Gasteiger partial charge in [0.15, 0.2) is 0 Å². The second-order valence-electron chi connectivity index (χ2n) is 2.23. The van der Waals surface area contributed by atoms with Gasteiger partial charge in [0, 0.05) is 18.3 Å². The van der Waals surface area contributed by atoms with Crippen molar-refractivity contribution in [3.05, 3.63) is 49.0 Å². The van der Waals surface area contributed by atoms with Gasteiger partial charge in [-0.2, -0.15) is 0 Å². The van der Waals surface area contributed by atoms with Gasteiger partial charge in [0.25, 0.3) is 0 Å². The number of carboxylic acids is 1. The molecule has 0 spiro atoms. The number of nitrogens with two attached hydrogens (primary N) is 6. The SMILES string of the molecule is NC(Cc1cnc[nH]1)C(=O)O.[NH2-].[NH2-].[NH2-].[NH2-].[NH2-].[Ru+5]. The minimum Gasteiger partial charge on any atom is -0.693 e. The van der Waals surface area contributed by atoms with Crippen LogP contribution in [0.5, 0.6) is 0 Å². The van der Waals surface area contributed by atoms with Crippen molar-refractivity contribution in [3.63, 3.8) is 0 Å². The first kappa shape index (κ1) is 36.0. The molecule has 11 heteroatoms. The average molecular weight is 336 g/mol. The van der Waals surface area contributed by atoms with E-state index in [1.165, 1.54) is 6.33 Å². The maximum Gasteiger partial charge on any atom is 5.00 e. The van der Waals surface area contributed by atoms with Crippen LogP contribution in [0.1, 0.15) is 5.69 Å². The Morgan fingerprint density at radius 3 is 2.12 bits per heavy atom. The van der Waals surface area contributed by atoms with Crippen LogP contribution < -0.4 is 5.73 Å². The Hall–Kier alpha value is -0.937. The van der Waals surface area contributed by atoms with Gasteiger partial charge in [0.2, 0.25) is 0 Å². The second kappa shape index (κ2) is 17.5. The Morgan fingerprint density at radius 1 is 1.35 bits per heavy atom. The fourth-order valence-electron chi connectivity index (χ4n) is 0.721. The first-order valence-electron chi connectivity index (χ1n) is 3.16. The third-order valence-corrected chi connectivity index (χ3v) is 1.31. The molecule has 0 amide bonds. The smallest absolute Gasteiger partial charge is 0.693 e. The van der Waals surface area contributed by atoms with Crippen LogP contribution in [0, 0.1) is 0 Å². The monoisotopic (exact) mass is 337 g/mol. The van der Waals surface area contributed by atoms with Crippen molar-refractivity contribution in [2.24, 2.45) is 5.73 Å². The minimum atomic E-state index is -1.00. The van der Waals surface area contributed by atoms with Crippen LogP contribution in [0.15, 0.2) is 12.5 Å². The number of aliphatic carboxylic acids is 1. The van der Waals surface area contributed by atoms with Crippen LogP contribution in [-0.2, 0) is 30.7 Å². The number of nitrogens with one attached hydrogen (secondary N) is 1. The quantitative estimate of drug-likeness (QED) is 0.702. The van der Waals surface area contributed by atoms with E-state index in [0.717, 1.165) is 5.69 Å². The molecule has 0 aliphatic carbocycles. The summed E-state index contributed by atoms with van der Waals surface area (Å²) in [6.07, 6.45) is 3.34. The molecule has 1 aromatic rings. The van der Waals surface area contributed by atoms with E-state index in [9.17, 15) is 4.79 Å². The number of aromatic amines is 1. The molecule has 1 heterocycles. The van der Waals surface area contributed by atoms with Crippen molar-refractivity contribution >= 4 is 5.97 Å². The number of rotatable bonds is 3. The van der Waals surface area contributed by atoms with Crippen LogP contribution in [0.25, 0.3) is 30.8 Å². The number of nitrogens with zero attached hydrogens (tertiary/aromatic N) is 1. The Bertz CT molecular complexity index is 244. The molecule has 14 N–H and O–H groups in total. The average Bonchev–Trinajstić information content (AvgIpc) is 2.39. The number of imidazole rings is 1. The number of aromatic nitrogens is 2. The molecule has 0 saturated heterocycles. The molecule has 10 nitrogen and oxygen atoms in total. The van der Waals surface area contributed by atoms with Gasteiger partial charge in [0.1, 0.15) is 6.04 Å². The Kier molecular flexibility index (Phi) is 37.0. The van der Waals surface area contributed by atoms with Gasteiger partial charge in [-0.15, -0.1) is 0 Å². The molecule has 1 rings (SSSR count). The third-order valence-electron chi connectivity index (χ3n) is 1.31. The number of carboxylic acid groups (broad SMARTS) is 1. The van der Waals surface area contributed by atoms with Crippen LogP contribution in [0.4, 0.5) is 0 Å². The third kappa shape index (κ3) is 13.0. The van der Waals surface area contributed by atoms with Crippen molar-refractivity contribution < 1.29 is 29.4 Å². The summed E-state index contributed by atoms with van der Waals surface area (Å²) < 4.78 is 0. The maximum absolute atomic E-state index is 10.3. The number of hydrogen-bond acceptors (Lipinski definition) is 3. The molecular weight excluding hydrogens is 317 g/mol. The number of carbonyl (C=O) groups is 1. The summed E-state index contributed by atoms with van der Waals surface area (Å²) in [5, 5.41) is 8.42. The van der Waals surface area contributed by atoms with Crippen LogP contribution >= 0.6 is 0 Å². The second-order valence-corrected chi connectivity index (χ2v) is 2.23. The number of hydrogen-bond donors (Lipinski definition) is 3. The van der Waals surface area contributed by atoms with E-state index in [1.54, 1.807) is 6.20 Å². The molecule has 0 bridgehead atoms. The predicted octanol–water partition coefficient (Wildman–Crippen LogP) is 2.95. The molecule has 17 heavy (non-hydrogen) atoms. The molecule has 0 aliphatic heterocycles. The van der Waals surface area contributed by atoms with E-state index in [0.29, 0.717) is 0 Å². The summed E-state index contributed by atoms with van der Waals surface area (Å²) in [6, 6.07) is -0.851. The van der Waals surface area contributed by atoms with E-state index in [1.807, 2.05) is 0 Å². The Labute approximate surface area is 113 Å². The van der Waals surface area contributed by atoms with Crippen molar-refractivity contribution in [1.29, 1.82) is 0 Å². The summed E-state index contributed by atoms with van der Waals surface area (Å²) in [4.78, 5) is 16.8. The first-order valence-corrected chi connectivity index (χ1v) is 3.16. The van der Waals surface area contributed by atoms with Gasteiger partial charge < -0.3 is 46.6 Å². The maximum atomic E-state index is 10.3. The van der Waals surface area contributed by atoms with Crippen LogP contribution in [0.2, 0.25) is 0 Å². The summed E-state index contributed by atoms with van der Waals surface area (Å²) >= 11 is 0. The van der Waals surface area contributed by atoms with Gasteiger partial charge >= 0.3 is 25.4 Å². The first-order chi connectivity index (χ1) is 5.20. The van der Waals surface area contributed by atoms with E-state index in [-0.39, 0.29) is 56.7 Å². The summed E-state index contributed by atoms with van der Waals surface area (Å²) in [6.45, 7) is 0. The molecule has 1 unspecified atom stereocenters. The predicted molar refractivity (Wildman–Crippen MR) is 64.3 cm³/mol. The van der Waals surface area contributed by atoms with E-state index in [2.05, 4.69) is 9.97 Å². The summed E-state index contributed by atoms with van der Waals surface area (Å²) in [5.41, 5.74) is 6.00. The minimum absolute atomic E-state index is 0. The molecule has 1 aromatic heterocycles. The fraction of sp³-hybridized carbons (Fsp3) is 0.333. The molecule has 1 atom stereocenters.